The van der Waals surface area contributed by atoms with Crippen molar-refractivity contribution in [2.75, 3.05) is 33.3 Å². The molecular weight excluding hydrogens is 180 g/mol. The number of esters is 1. The van der Waals surface area contributed by atoms with Crippen LogP contribution in [0.15, 0.2) is 0 Å². The Bertz CT molecular complexity index is 177. The lowest BCUT2D eigenvalue weighted by Gasteiger charge is -2.31. The number of carbonyl (C=O) groups is 1. The first kappa shape index (κ1) is 11.5. The fourth-order valence-corrected chi connectivity index (χ4v) is 1.75. The number of methoxy groups -OCH3 is 1. The van der Waals surface area contributed by atoms with Crippen LogP contribution in [0.4, 0.5) is 0 Å². The normalized spacial score (nSPS) is 19.6. The van der Waals surface area contributed by atoms with Gasteiger partial charge in [-0.25, -0.2) is 0 Å². The van der Waals surface area contributed by atoms with Gasteiger partial charge in [0.2, 0.25) is 0 Å². The standard InChI is InChI=1S/C10H20N2O2/c1-3-12-6-4-9(5-7-12)11-8-10(13)14-2/h9,11H,3-8H2,1-2H3. The van der Waals surface area contributed by atoms with Crippen LogP contribution in [0.5, 0.6) is 0 Å². The Balaban J connectivity index is 2.13. The highest BCUT2D eigenvalue weighted by molar-refractivity contribution is 5.71. The molecule has 1 fully saturated rings. The summed E-state index contributed by atoms with van der Waals surface area (Å²) in [6.45, 7) is 5.92. The predicted molar refractivity (Wildman–Crippen MR) is 55.2 cm³/mol. The van der Waals surface area contributed by atoms with Gasteiger partial charge in [0.15, 0.2) is 0 Å². The van der Waals surface area contributed by atoms with Gasteiger partial charge in [0.05, 0.1) is 13.7 Å². The number of nitrogens with zero attached hydrogens (tertiary/aromatic N) is 1. The lowest BCUT2D eigenvalue weighted by atomic mass is 10.1. The summed E-state index contributed by atoms with van der Waals surface area (Å²) in [6.07, 6.45) is 2.26. The molecular formula is C10H20N2O2. The monoisotopic (exact) mass is 200 g/mol. The second-order valence-corrected chi connectivity index (χ2v) is 3.67. The first-order valence-electron chi connectivity index (χ1n) is 5.28. The second-order valence-electron chi connectivity index (χ2n) is 3.67. The lowest BCUT2D eigenvalue weighted by Crippen LogP contribution is -2.43. The molecule has 0 aliphatic carbocycles. The van der Waals surface area contributed by atoms with Gasteiger partial charge in [0.1, 0.15) is 0 Å². The SMILES string of the molecule is CCN1CCC(NCC(=O)OC)CC1. The van der Waals surface area contributed by atoms with Gasteiger partial charge in [-0.2, -0.15) is 0 Å². The van der Waals surface area contributed by atoms with E-state index in [-0.39, 0.29) is 5.97 Å². The van der Waals surface area contributed by atoms with Gasteiger partial charge < -0.3 is 15.0 Å². The third kappa shape index (κ3) is 3.64. The molecule has 4 heteroatoms. The second kappa shape index (κ2) is 5.98. The van der Waals surface area contributed by atoms with Crippen molar-refractivity contribution in [2.45, 2.75) is 25.8 Å². The van der Waals surface area contributed by atoms with Crippen LogP contribution in [0.25, 0.3) is 0 Å². The molecule has 0 spiro atoms. The maximum Gasteiger partial charge on any atom is 0.319 e. The molecule has 4 nitrogen and oxygen atoms in total. The van der Waals surface area contributed by atoms with E-state index in [2.05, 4.69) is 21.9 Å². The Morgan fingerprint density at radius 3 is 2.64 bits per heavy atom. The zero-order chi connectivity index (χ0) is 10.4. The van der Waals surface area contributed by atoms with Gasteiger partial charge in [-0.15, -0.1) is 0 Å². The topological polar surface area (TPSA) is 41.6 Å². The molecule has 1 rings (SSSR count). The number of piperidine rings is 1. The van der Waals surface area contributed by atoms with E-state index in [1.165, 1.54) is 7.11 Å². The number of nitrogens with one attached hydrogen (secondary N) is 1. The third-order valence-corrected chi connectivity index (χ3v) is 2.80. The Morgan fingerprint density at radius 1 is 1.50 bits per heavy atom. The molecule has 1 saturated heterocycles. The average molecular weight is 200 g/mol. The first-order chi connectivity index (χ1) is 6.76. The molecule has 14 heavy (non-hydrogen) atoms. The molecule has 1 N–H and O–H groups in total. The molecule has 0 aromatic rings. The molecule has 0 unspecified atom stereocenters. The van der Waals surface area contributed by atoms with Gasteiger partial charge in [-0.3, -0.25) is 4.79 Å². The van der Waals surface area contributed by atoms with Crippen LogP contribution in [-0.4, -0.2) is 50.2 Å². The van der Waals surface area contributed by atoms with Gasteiger partial charge in [-0.1, -0.05) is 6.92 Å². The largest absolute Gasteiger partial charge is 0.468 e. The highest BCUT2D eigenvalue weighted by Gasteiger charge is 2.17. The molecule has 1 heterocycles. The zero-order valence-corrected chi connectivity index (χ0v) is 9.08. The molecule has 82 valence electrons. The van der Waals surface area contributed by atoms with Crippen LogP contribution in [0, 0.1) is 0 Å². The van der Waals surface area contributed by atoms with Crippen LogP contribution in [-0.2, 0) is 9.53 Å². The number of hydrogen-bond acceptors (Lipinski definition) is 4. The molecule has 1 aliphatic rings. The molecule has 0 amide bonds. The maximum atomic E-state index is 10.9. The third-order valence-electron chi connectivity index (χ3n) is 2.80. The molecule has 0 atom stereocenters. The summed E-state index contributed by atoms with van der Waals surface area (Å²) in [4.78, 5) is 13.3. The fraction of sp³-hybridized carbons (Fsp3) is 0.900. The summed E-state index contributed by atoms with van der Waals surface area (Å²) in [5, 5.41) is 3.22. The summed E-state index contributed by atoms with van der Waals surface area (Å²) in [7, 11) is 1.42. The Morgan fingerprint density at radius 2 is 2.14 bits per heavy atom. The quantitative estimate of drug-likeness (QED) is 0.660. The van der Waals surface area contributed by atoms with Crippen LogP contribution in [0.2, 0.25) is 0 Å². The van der Waals surface area contributed by atoms with Crippen molar-refractivity contribution >= 4 is 5.97 Å². The van der Waals surface area contributed by atoms with Gasteiger partial charge in [-0.05, 0) is 32.5 Å². The lowest BCUT2D eigenvalue weighted by molar-refractivity contribution is -0.139. The predicted octanol–water partition coefficient (Wildman–Crippen LogP) is 0.233. The average Bonchev–Trinajstić information content (AvgIpc) is 2.26. The number of carbonyl (C=O) groups excluding carboxylic acids is 1. The van der Waals surface area contributed by atoms with Gasteiger partial charge >= 0.3 is 5.97 Å². The minimum absolute atomic E-state index is 0.178. The molecule has 0 bridgehead atoms. The fourth-order valence-electron chi connectivity index (χ4n) is 1.75. The Kier molecular flexibility index (Phi) is 4.90. The summed E-state index contributed by atoms with van der Waals surface area (Å²) < 4.78 is 4.57. The molecule has 0 radical (unpaired) electrons. The van der Waals surface area contributed by atoms with Crippen molar-refractivity contribution in [1.82, 2.24) is 10.2 Å². The van der Waals surface area contributed by atoms with Crippen LogP contribution in [0.1, 0.15) is 19.8 Å². The van der Waals surface area contributed by atoms with E-state index in [0.717, 1.165) is 32.5 Å². The summed E-state index contributed by atoms with van der Waals surface area (Å²) >= 11 is 0. The summed E-state index contributed by atoms with van der Waals surface area (Å²) in [5.41, 5.74) is 0. The van der Waals surface area contributed by atoms with E-state index < -0.39 is 0 Å². The first-order valence-corrected chi connectivity index (χ1v) is 5.28. The van der Waals surface area contributed by atoms with Crippen LogP contribution in [0.3, 0.4) is 0 Å². The van der Waals surface area contributed by atoms with E-state index in [1.54, 1.807) is 0 Å². The number of rotatable bonds is 4. The zero-order valence-electron chi connectivity index (χ0n) is 9.08. The number of ether oxygens (including phenoxy) is 1. The van der Waals surface area contributed by atoms with E-state index in [4.69, 9.17) is 0 Å². The van der Waals surface area contributed by atoms with Crippen molar-refractivity contribution in [3.05, 3.63) is 0 Å². The molecule has 0 aromatic carbocycles. The number of hydrogen-bond donors (Lipinski definition) is 1. The number of likely N-dealkylation sites (tertiary alicyclic amines) is 1. The van der Waals surface area contributed by atoms with E-state index >= 15 is 0 Å². The van der Waals surface area contributed by atoms with Gasteiger partial charge in [0, 0.05) is 6.04 Å². The Hall–Kier alpha value is -0.610. The van der Waals surface area contributed by atoms with Crippen molar-refractivity contribution in [3.8, 4) is 0 Å². The highest BCUT2D eigenvalue weighted by Crippen LogP contribution is 2.09. The van der Waals surface area contributed by atoms with E-state index in [1.807, 2.05) is 0 Å². The smallest absolute Gasteiger partial charge is 0.319 e. The van der Waals surface area contributed by atoms with Crippen molar-refractivity contribution in [1.29, 1.82) is 0 Å². The molecule has 0 aromatic heterocycles. The Labute approximate surface area is 85.6 Å². The minimum Gasteiger partial charge on any atom is -0.468 e. The minimum atomic E-state index is -0.178. The van der Waals surface area contributed by atoms with E-state index in [0.29, 0.717) is 12.6 Å². The van der Waals surface area contributed by atoms with Crippen LogP contribution < -0.4 is 5.32 Å². The molecule has 1 aliphatic heterocycles. The van der Waals surface area contributed by atoms with Crippen molar-refractivity contribution < 1.29 is 9.53 Å². The van der Waals surface area contributed by atoms with Crippen molar-refractivity contribution in [2.24, 2.45) is 0 Å². The van der Waals surface area contributed by atoms with E-state index in [9.17, 15) is 4.79 Å². The van der Waals surface area contributed by atoms with Gasteiger partial charge in [0.25, 0.3) is 0 Å². The summed E-state index contributed by atoms with van der Waals surface area (Å²) in [6, 6.07) is 0.483. The molecule has 0 saturated carbocycles. The van der Waals surface area contributed by atoms with Crippen LogP contribution >= 0.6 is 0 Å². The highest BCUT2D eigenvalue weighted by atomic mass is 16.5. The van der Waals surface area contributed by atoms with Crippen molar-refractivity contribution in [3.63, 3.8) is 0 Å². The summed E-state index contributed by atoms with van der Waals surface area (Å²) in [5.74, 6) is -0.178. The maximum absolute atomic E-state index is 10.9.